The number of carbonyl (C=O) groups excluding carboxylic acids is 1. The second-order valence-corrected chi connectivity index (χ2v) is 30.2. The largest absolute Gasteiger partial charge is 0.494 e. The van der Waals surface area contributed by atoms with Gasteiger partial charge in [-0.25, -0.2) is 9.78 Å². The van der Waals surface area contributed by atoms with Gasteiger partial charge in [0.2, 0.25) is 0 Å². The van der Waals surface area contributed by atoms with Crippen LogP contribution in [-0.4, -0.2) is 111 Å². The number of hydrogen-bond acceptors (Lipinski definition) is 10. The van der Waals surface area contributed by atoms with Gasteiger partial charge in [-0.05, 0) is 58.7 Å². The van der Waals surface area contributed by atoms with E-state index in [1.807, 2.05) is 73.8 Å². The quantitative estimate of drug-likeness (QED) is 0.0442. The second kappa shape index (κ2) is 17.9. The van der Waals surface area contributed by atoms with Gasteiger partial charge >= 0.3 is 6.09 Å². The van der Waals surface area contributed by atoms with Gasteiger partial charge in [0.15, 0.2) is 11.5 Å². The molecule has 1 aromatic carbocycles. The molecule has 2 atom stereocenters. The van der Waals surface area contributed by atoms with Crippen molar-refractivity contribution in [3.63, 3.8) is 0 Å². The average Bonchev–Trinajstić information content (AvgIpc) is 3.70. The summed E-state index contributed by atoms with van der Waals surface area (Å²) in [5.74, 6) is 1.96. The molecular weight excluding hydrogens is 763 g/mol. The maximum Gasteiger partial charge on any atom is 0.410 e. The Labute approximate surface area is 347 Å². The van der Waals surface area contributed by atoms with Crippen LogP contribution in [0.5, 0.6) is 0 Å². The zero-order valence-corrected chi connectivity index (χ0v) is 38.5. The fourth-order valence-electron chi connectivity index (χ4n) is 7.47. The molecule has 1 amide bonds. The number of rotatable bonds is 17. The Kier molecular flexibility index (Phi) is 13.4. The Morgan fingerprint density at radius 3 is 2.03 bits per heavy atom. The number of piperazine rings is 1. The van der Waals surface area contributed by atoms with Gasteiger partial charge in [0.05, 0.1) is 30.6 Å². The summed E-state index contributed by atoms with van der Waals surface area (Å²) in [7, 11) is -2.70. The van der Waals surface area contributed by atoms with E-state index in [0.29, 0.717) is 44.3 Å². The van der Waals surface area contributed by atoms with Crippen LogP contribution in [0.2, 0.25) is 51.4 Å². The topological polar surface area (TPSA) is 107 Å². The maximum atomic E-state index is 13.5. The van der Waals surface area contributed by atoms with Crippen LogP contribution in [0.25, 0.3) is 33.8 Å². The number of hydrogen-bond donors (Lipinski definition) is 0. The highest BCUT2D eigenvalue weighted by molar-refractivity contribution is 6.76. The lowest BCUT2D eigenvalue weighted by molar-refractivity contribution is 0.0122. The standard InChI is InChI=1S/C44H65N7O5Si2/c1-12-55-32(2)39-41(48-28-35-19-20-36(29-48)50(35)43(52)56-44(3,4)5)47-40-37(34-18-21-38(45-26-34)33-16-14-13-15-17-33)27-46-51(40)42(39)49(30-53-22-24-57(6,7)8)31-54-23-25-58(9,10)11/h13-18,21,26-27,35-36H,2,12,19-20,22-25,28-31H2,1,3-11H3. The highest BCUT2D eigenvalue weighted by Crippen LogP contribution is 2.41. The van der Waals surface area contributed by atoms with Gasteiger partial charge in [-0.2, -0.15) is 9.61 Å². The van der Waals surface area contributed by atoms with Crippen LogP contribution in [0.1, 0.15) is 46.1 Å². The van der Waals surface area contributed by atoms with Crippen LogP contribution in [-0.2, 0) is 18.9 Å². The lowest BCUT2D eigenvalue weighted by Crippen LogP contribution is -2.57. The Balaban J connectivity index is 1.49. The van der Waals surface area contributed by atoms with Crippen molar-refractivity contribution in [2.45, 2.75) is 110 Å². The summed E-state index contributed by atoms with van der Waals surface area (Å²) in [6.45, 7) is 29.8. The molecule has 0 radical (unpaired) electrons. The second-order valence-electron chi connectivity index (χ2n) is 19.0. The zero-order chi connectivity index (χ0) is 41.8. The Morgan fingerprint density at radius 1 is 0.879 bits per heavy atom. The van der Waals surface area contributed by atoms with Crippen molar-refractivity contribution in [1.82, 2.24) is 24.5 Å². The summed E-state index contributed by atoms with van der Waals surface area (Å²) in [5, 5.41) is 5.04. The molecule has 2 fully saturated rings. The minimum atomic E-state index is -1.35. The van der Waals surface area contributed by atoms with Crippen LogP contribution in [0.15, 0.2) is 61.4 Å². The van der Waals surface area contributed by atoms with Gasteiger partial charge in [-0.3, -0.25) is 9.88 Å². The van der Waals surface area contributed by atoms with E-state index in [1.165, 1.54) is 0 Å². The monoisotopic (exact) mass is 827 g/mol. The number of carbonyl (C=O) groups is 1. The first kappa shape index (κ1) is 43.3. The van der Waals surface area contributed by atoms with E-state index >= 15 is 0 Å². The first-order valence-electron chi connectivity index (χ1n) is 20.8. The Morgan fingerprint density at radius 2 is 1.50 bits per heavy atom. The van der Waals surface area contributed by atoms with E-state index in [-0.39, 0.29) is 31.6 Å². The molecule has 2 saturated heterocycles. The Hall–Kier alpha value is -4.25. The summed E-state index contributed by atoms with van der Waals surface area (Å²) in [4.78, 5) is 30.2. The molecular formula is C44H65N7O5Si2. The smallest absolute Gasteiger partial charge is 0.410 e. The van der Waals surface area contributed by atoms with Crippen LogP contribution in [0.3, 0.4) is 0 Å². The molecule has 2 aliphatic heterocycles. The first-order chi connectivity index (χ1) is 27.4. The van der Waals surface area contributed by atoms with Crippen LogP contribution in [0, 0.1) is 0 Å². The number of fused-ring (bicyclic) bond motifs is 3. The van der Waals surface area contributed by atoms with Crippen molar-refractivity contribution in [2.24, 2.45) is 0 Å². The molecule has 2 aliphatic rings. The van der Waals surface area contributed by atoms with Crippen molar-refractivity contribution < 1.29 is 23.7 Å². The fourth-order valence-corrected chi connectivity index (χ4v) is 8.99. The van der Waals surface area contributed by atoms with Crippen molar-refractivity contribution in [3.05, 3.63) is 67.0 Å². The third kappa shape index (κ3) is 10.7. The van der Waals surface area contributed by atoms with Crippen molar-refractivity contribution in [3.8, 4) is 22.4 Å². The van der Waals surface area contributed by atoms with Gasteiger partial charge < -0.3 is 28.7 Å². The average molecular weight is 828 g/mol. The van der Waals surface area contributed by atoms with Gasteiger partial charge in [-0.1, -0.05) is 82.3 Å². The van der Waals surface area contributed by atoms with Crippen molar-refractivity contribution >= 4 is 45.3 Å². The van der Waals surface area contributed by atoms with Gasteiger partial charge in [0.1, 0.15) is 36.2 Å². The number of anilines is 2. The minimum absolute atomic E-state index is 0.0340. The molecule has 0 saturated carbocycles. The normalized spacial score (nSPS) is 17.2. The summed E-state index contributed by atoms with van der Waals surface area (Å²) >= 11 is 0. The van der Waals surface area contributed by atoms with E-state index in [9.17, 15) is 4.79 Å². The van der Waals surface area contributed by atoms with E-state index in [2.05, 4.69) is 73.9 Å². The summed E-state index contributed by atoms with van der Waals surface area (Å²) < 4.78 is 27.1. The van der Waals surface area contributed by atoms with E-state index < -0.39 is 21.7 Å². The predicted octanol–water partition coefficient (Wildman–Crippen LogP) is 9.48. The fraction of sp³-hybridized carbons (Fsp3) is 0.545. The maximum absolute atomic E-state index is 13.5. The van der Waals surface area contributed by atoms with Crippen molar-refractivity contribution in [1.29, 1.82) is 0 Å². The van der Waals surface area contributed by atoms with Crippen molar-refractivity contribution in [2.75, 3.05) is 56.2 Å². The molecule has 314 valence electrons. The van der Waals surface area contributed by atoms with Crippen LogP contribution >= 0.6 is 0 Å². The third-order valence-corrected chi connectivity index (χ3v) is 13.9. The molecule has 4 aromatic rings. The summed E-state index contributed by atoms with van der Waals surface area (Å²) in [5.41, 5.74) is 4.50. The van der Waals surface area contributed by atoms with E-state index in [1.54, 1.807) is 0 Å². The first-order valence-corrected chi connectivity index (χ1v) is 28.3. The SMILES string of the molecule is C=C(OCC)c1c(N2CC3CCC(C2)N3C(=O)OC(C)(C)C)nc2c(-c3ccc(-c4ccccc4)nc3)cnn2c1N(COCC[Si](C)(C)C)COCC[Si](C)(C)C. The van der Waals surface area contributed by atoms with Gasteiger partial charge in [0, 0.05) is 65.3 Å². The molecule has 2 bridgehead atoms. The van der Waals surface area contributed by atoms with Crippen LogP contribution < -0.4 is 9.80 Å². The molecule has 0 aliphatic carbocycles. The lowest BCUT2D eigenvalue weighted by atomic mass is 10.1. The van der Waals surface area contributed by atoms with E-state index in [4.69, 9.17) is 34.0 Å². The minimum Gasteiger partial charge on any atom is -0.494 e. The molecule has 0 N–H and O–H groups in total. The summed E-state index contributed by atoms with van der Waals surface area (Å²) in [6, 6.07) is 16.3. The molecule has 3 aromatic heterocycles. The molecule has 5 heterocycles. The van der Waals surface area contributed by atoms with E-state index in [0.717, 1.165) is 64.5 Å². The number of aromatic nitrogens is 4. The van der Waals surface area contributed by atoms with Gasteiger partial charge in [0.25, 0.3) is 0 Å². The molecule has 2 unspecified atom stereocenters. The number of ether oxygens (including phenoxy) is 4. The third-order valence-electron chi connectivity index (χ3n) is 10.5. The number of pyridine rings is 1. The molecule has 14 heteroatoms. The Bertz CT molecular complexity index is 1990. The van der Waals surface area contributed by atoms with Crippen LogP contribution in [0.4, 0.5) is 16.4 Å². The molecule has 6 rings (SSSR count). The lowest BCUT2D eigenvalue weighted by Gasteiger charge is -2.42. The molecule has 12 nitrogen and oxygen atoms in total. The summed E-state index contributed by atoms with van der Waals surface area (Å²) in [6.07, 6.45) is 5.27. The molecule has 0 spiro atoms. The highest BCUT2D eigenvalue weighted by Gasteiger charge is 2.45. The number of benzene rings is 1. The zero-order valence-electron chi connectivity index (χ0n) is 36.5. The predicted molar refractivity (Wildman–Crippen MR) is 240 cm³/mol. The number of nitrogens with zero attached hydrogens (tertiary/aromatic N) is 7. The highest BCUT2D eigenvalue weighted by atomic mass is 28.3. The van der Waals surface area contributed by atoms with Gasteiger partial charge in [-0.15, -0.1) is 0 Å². The molecule has 58 heavy (non-hydrogen) atoms. The number of amides is 1.